The Kier molecular flexibility index (Phi) is 7.54. The van der Waals surface area contributed by atoms with Gasteiger partial charge in [-0.2, -0.15) is 13.2 Å². The van der Waals surface area contributed by atoms with Gasteiger partial charge in [-0.15, -0.1) is 0 Å². The van der Waals surface area contributed by atoms with Gasteiger partial charge < -0.3 is 10.6 Å². The number of carbonyl (C=O) groups excluding carboxylic acids is 2. The summed E-state index contributed by atoms with van der Waals surface area (Å²) in [4.78, 5) is 24.7. The Balaban J connectivity index is 1.87. The summed E-state index contributed by atoms with van der Waals surface area (Å²) in [6, 6.07) is 5.95. The quantitative estimate of drug-likeness (QED) is 0.266. The van der Waals surface area contributed by atoms with Gasteiger partial charge in [0.05, 0.1) is 11.6 Å². The van der Waals surface area contributed by atoms with Crippen molar-refractivity contribution in [3.8, 4) is 0 Å². The molecular formula is C27H22ClF5N2O2. The third-order valence-corrected chi connectivity index (χ3v) is 6.85. The van der Waals surface area contributed by atoms with E-state index in [0.29, 0.717) is 36.6 Å². The molecule has 3 aromatic carbocycles. The second-order valence-corrected chi connectivity index (χ2v) is 9.28. The van der Waals surface area contributed by atoms with E-state index in [1.165, 1.54) is 6.07 Å². The molecular weight excluding hydrogens is 515 g/mol. The summed E-state index contributed by atoms with van der Waals surface area (Å²) in [6.45, 7) is 1.80. The molecule has 0 spiro atoms. The summed E-state index contributed by atoms with van der Waals surface area (Å²) in [6.07, 6.45) is -1.15. The van der Waals surface area contributed by atoms with Gasteiger partial charge in [-0.25, -0.2) is 8.78 Å². The van der Waals surface area contributed by atoms with Crippen LogP contribution in [0.4, 0.5) is 27.6 Å². The first-order valence-corrected chi connectivity index (χ1v) is 11.9. The number of benzene rings is 3. The molecule has 10 heteroatoms. The highest BCUT2D eigenvalue weighted by atomic mass is 35.5. The number of aryl methyl sites for hydroxylation is 1. The topological polar surface area (TPSA) is 58.2 Å². The van der Waals surface area contributed by atoms with E-state index in [9.17, 15) is 31.5 Å². The number of halogens is 6. The van der Waals surface area contributed by atoms with Crippen molar-refractivity contribution < 1.29 is 31.5 Å². The van der Waals surface area contributed by atoms with Crippen LogP contribution < -0.4 is 10.6 Å². The van der Waals surface area contributed by atoms with Gasteiger partial charge in [0.15, 0.2) is 0 Å². The number of anilines is 1. The molecule has 1 aliphatic rings. The van der Waals surface area contributed by atoms with E-state index in [4.69, 9.17) is 11.6 Å². The molecule has 2 N–H and O–H groups in total. The van der Waals surface area contributed by atoms with Gasteiger partial charge >= 0.3 is 6.18 Å². The average molecular weight is 537 g/mol. The monoisotopic (exact) mass is 536 g/mol. The summed E-state index contributed by atoms with van der Waals surface area (Å²) in [5, 5.41) is 5.39. The van der Waals surface area contributed by atoms with Crippen molar-refractivity contribution in [2.75, 3.05) is 5.32 Å². The van der Waals surface area contributed by atoms with Crippen molar-refractivity contribution in [3.05, 3.63) is 98.1 Å². The predicted molar refractivity (Wildman–Crippen MR) is 130 cm³/mol. The zero-order valence-corrected chi connectivity index (χ0v) is 20.4. The fraction of sp³-hybridized carbons (Fsp3) is 0.259. The summed E-state index contributed by atoms with van der Waals surface area (Å²) in [5.74, 6) is -2.79. The molecule has 0 heterocycles. The Hall–Kier alpha value is -3.46. The van der Waals surface area contributed by atoms with Crippen molar-refractivity contribution in [1.29, 1.82) is 0 Å². The van der Waals surface area contributed by atoms with Gasteiger partial charge in [0.2, 0.25) is 6.41 Å². The van der Waals surface area contributed by atoms with Crippen LogP contribution in [0.15, 0.2) is 42.5 Å². The van der Waals surface area contributed by atoms with Crippen molar-refractivity contribution >= 4 is 29.6 Å². The summed E-state index contributed by atoms with van der Waals surface area (Å²) in [7, 11) is 0. The lowest BCUT2D eigenvalue weighted by Crippen LogP contribution is -2.26. The molecule has 194 valence electrons. The molecule has 3 aromatic rings. The fourth-order valence-corrected chi connectivity index (χ4v) is 5.05. The number of nitrogens with one attached hydrogen (secondary N) is 2. The van der Waals surface area contributed by atoms with Crippen LogP contribution in [0.2, 0.25) is 5.02 Å². The number of hydrogen-bond acceptors (Lipinski definition) is 2. The largest absolute Gasteiger partial charge is 0.416 e. The van der Waals surface area contributed by atoms with E-state index in [-0.39, 0.29) is 16.3 Å². The van der Waals surface area contributed by atoms with Crippen LogP contribution in [-0.2, 0) is 23.8 Å². The Bertz CT molecular complexity index is 1370. The third kappa shape index (κ3) is 5.61. The molecule has 0 saturated heterocycles. The molecule has 0 bridgehead atoms. The van der Waals surface area contributed by atoms with Gasteiger partial charge in [0.1, 0.15) is 11.6 Å². The SMILES string of the molecule is Cc1c2c(cc(NC(=O)c3cc(F)cc(C(F)(F)F)c3)c1C(NC=O)c1cc(F)ccc1Cl)CCCC2. The number of rotatable bonds is 6. The Morgan fingerprint density at radius 3 is 2.46 bits per heavy atom. The highest BCUT2D eigenvalue weighted by Crippen LogP contribution is 2.40. The lowest BCUT2D eigenvalue weighted by atomic mass is 9.82. The second kappa shape index (κ2) is 10.5. The van der Waals surface area contributed by atoms with Gasteiger partial charge in [0, 0.05) is 27.4 Å². The minimum Gasteiger partial charge on any atom is -0.348 e. The first kappa shape index (κ1) is 26.6. The van der Waals surface area contributed by atoms with Crippen LogP contribution in [0, 0.1) is 18.6 Å². The lowest BCUT2D eigenvalue weighted by Gasteiger charge is -2.28. The van der Waals surface area contributed by atoms with Crippen molar-refractivity contribution in [2.45, 2.75) is 44.8 Å². The van der Waals surface area contributed by atoms with Crippen LogP contribution in [-0.4, -0.2) is 12.3 Å². The predicted octanol–water partition coefficient (Wildman–Crippen LogP) is 6.91. The van der Waals surface area contributed by atoms with Crippen LogP contribution in [0.25, 0.3) is 0 Å². The van der Waals surface area contributed by atoms with Crippen LogP contribution in [0.3, 0.4) is 0 Å². The molecule has 1 aliphatic carbocycles. The molecule has 37 heavy (non-hydrogen) atoms. The fourth-order valence-electron chi connectivity index (χ4n) is 4.82. The maximum absolute atomic E-state index is 14.2. The van der Waals surface area contributed by atoms with Gasteiger partial charge in [-0.05, 0) is 91.8 Å². The number of carbonyl (C=O) groups is 2. The molecule has 4 nitrogen and oxygen atoms in total. The smallest absolute Gasteiger partial charge is 0.348 e. The van der Waals surface area contributed by atoms with Crippen molar-refractivity contribution in [1.82, 2.24) is 5.32 Å². The first-order chi connectivity index (χ1) is 17.5. The zero-order valence-electron chi connectivity index (χ0n) is 19.6. The van der Waals surface area contributed by atoms with Crippen LogP contribution in [0.5, 0.6) is 0 Å². The maximum atomic E-state index is 14.2. The zero-order chi connectivity index (χ0) is 26.9. The van der Waals surface area contributed by atoms with Gasteiger partial charge in [0.25, 0.3) is 5.91 Å². The summed E-state index contributed by atoms with van der Waals surface area (Å²) >= 11 is 6.35. The molecule has 4 rings (SSSR count). The number of amides is 2. The molecule has 0 aliphatic heterocycles. The first-order valence-electron chi connectivity index (χ1n) is 11.5. The maximum Gasteiger partial charge on any atom is 0.416 e. The average Bonchev–Trinajstić information content (AvgIpc) is 2.84. The Morgan fingerprint density at radius 2 is 1.76 bits per heavy atom. The molecule has 2 amide bonds. The lowest BCUT2D eigenvalue weighted by molar-refractivity contribution is -0.137. The van der Waals surface area contributed by atoms with Gasteiger partial charge in [-0.3, -0.25) is 9.59 Å². The molecule has 0 aromatic heterocycles. The molecule has 0 radical (unpaired) electrons. The normalized spacial score (nSPS) is 14.0. The highest BCUT2D eigenvalue weighted by Gasteiger charge is 2.32. The number of fused-ring (bicyclic) bond motifs is 1. The van der Waals surface area contributed by atoms with Crippen molar-refractivity contribution in [3.63, 3.8) is 0 Å². The highest BCUT2D eigenvalue weighted by molar-refractivity contribution is 6.31. The van der Waals surface area contributed by atoms with E-state index < -0.39 is 40.9 Å². The molecule has 1 atom stereocenters. The third-order valence-electron chi connectivity index (χ3n) is 6.50. The number of alkyl halides is 3. The van der Waals surface area contributed by atoms with Crippen LogP contribution >= 0.6 is 11.6 Å². The van der Waals surface area contributed by atoms with E-state index in [0.717, 1.165) is 48.1 Å². The van der Waals surface area contributed by atoms with Crippen LogP contribution in [0.1, 0.15) is 62.6 Å². The van der Waals surface area contributed by atoms with E-state index in [1.807, 2.05) is 0 Å². The molecule has 0 fully saturated rings. The Morgan fingerprint density at radius 1 is 1.03 bits per heavy atom. The molecule has 1 unspecified atom stereocenters. The second-order valence-electron chi connectivity index (χ2n) is 8.87. The minimum absolute atomic E-state index is 0.162. The van der Waals surface area contributed by atoms with Crippen molar-refractivity contribution in [2.24, 2.45) is 0 Å². The summed E-state index contributed by atoms with van der Waals surface area (Å²) < 4.78 is 67.8. The Labute approximate surface area is 214 Å². The minimum atomic E-state index is -4.85. The molecule has 0 saturated carbocycles. The number of hydrogen-bond donors (Lipinski definition) is 2. The summed E-state index contributed by atoms with van der Waals surface area (Å²) in [5.41, 5.74) is 1.67. The standard InChI is InChI=1S/C27H22ClF5N2O2/c1-14-20-5-3-2-4-15(20)10-23(24(14)25(34-13-36)21-12-18(29)6-7-22(21)28)35-26(37)16-8-17(27(31,32)33)11-19(30)9-16/h6-13,25H,2-5H2,1H3,(H,34,36)(H,35,37). The van der Waals surface area contributed by atoms with E-state index in [1.54, 1.807) is 13.0 Å². The van der Waals surface area contributed by atoms with E-state index in [2.05, 4.69) is 10.6 Å². The van der Waals surface area contributed by atoms with Gasteiger partial charge in [-0.1, -0.05) is 11.6 Å². The van der Waals surface area contributed by atoms with E-state index >= 15 is 0 Å².